The molecule has 0 aliphatic rings. The predicted octanol–water partition coefficient (Wildman–Crippen LogP) is 7.42. The van der Waals surface area contributed by atoms with Gasteiger partial charge in [-0.1, -0.05) is 78.5 Å². The SMILES string of the molecule is C=Cc1[nH]c2cc3c(=O)c4cc(C)ccc4[nH]c3cc2c(=O)c1C=C(C)C.CC.CCNC(=O)C(Cl)(Cl)Cl. The van der Waals surface area contributed by atoms with Gasteiger partial charge in [0.2, 0.25) is 0 Å². The number of benzene rings is 2. The molecule has 0 bridgehead atoms. The van der Waals surface area contributed by atoms with Crippen LogP contribution >= 0.6 is 34.8 Å². The summed E-state index contributed by atoms with van der Waals surface area (Å²) in [5, 5.41) is 4.10. The van der Waals surface area contributed by atoms with Crippen molar-refractivity contribution in [3.8, 4) is 0 Å². The molecule has 0 radical (unpaired) electrons. The number of allylic oxidation sites excluding steroid dienone is 1. The molecular formula is C29H32Cl3N3O3. The summed E-state index contributed by atoms with van der Waals surface area (Å²) >= 11 is 15.5. The van der Waals surface area contributed by atoms with Crippen molar-refractivity contribution < 1.29 is 4.79 Å². The van der Waals surface area contributed by atoms with Crippen molar-refractivity contribution in [3.05, 3.63) is 79.8 Å². The van der Waals surface area contributed by atoms with E-state index in [1.807, 2.05) is 58.9 Å². The molecule has 38 heavy (non-hydrogen) atoms. The van der Waals surface area contributed by atoms with Crippen LogP contribution < -0.4 is 16.2 Å². The van der Waals surface area contributed by atoms with E-state index in [-0.39, 0.29) is 10.9 Å². The maximum absolute atomic E-state index is 13.1. The number of hydrogen-bond acceptors (Lipinski definition) is 3. The number of aromatic amines is 2. The number of aromatic nitrogens is 2. The van der Waals surface area contributed by atoms with Gasteiger partial charge in [0.05, 0.1) is 11.0 Å². The lowest BCUT2D eigenvalue weighted by atomic mass is 10.0. The Morgan fingerprint density at radius 2 is 1.50 bits per heavy atom. The summed E-state index contributed by atoms with van der Waals surface area (Å²) in [6.07, 6.45) is 3.49. The Bertz CT molecular complexity index is 1640. The minimum absolute atomic E-state index is 0.0428. The number of carbonyl (C=O) groups excluding carboxylic acids is 1. The molecule has 1 amide bonds. The van der Waals surface area contributed by atoms with Gasteiger partial charge in [-0.3, -0.25) is 14.4 Å². The van der Waals surface area contributed by atoms with Crippen molar-refractivity contribution in [3.63, 3.8) is 0 Å². The zero-order valence-corrected chi connectivity index (χ0v) is 24.6. The van der Waals surface area contributed by atoms with Crippen molar-refractivity contribution in [1.29, 1.82) is 0 Å². The summed E-state index contributed by atoms with van der Waals surface area (Å²) in [5.74, 6) is -0.588. The molecule has 0 saturated heterocycles. The number of pyridine rings is 2. The summed E-state index contributed by atoms with van der Waals surface area (Å²) in [6.45, 7) is 15.9. The second-order valence-electron chi connectivity index (χ2n) is 8.51. The first kappa shape index (κ1) is 31.2. The Balaban J connectivity index is 0.000000394. The normalized spacial score (nSPS) is 10.8. The number of alkyl halides is 3. The second kappa shape index (κ2) is 13.1. The number of nitrogens with one attached hydrogen (secondary N) is 3. The van der Waals surface area contributed by atoms with E-state index in [0.717, 1.165) is 16.7 Å². The molecule has 3 N–H and O–H groups in total. The summed E-state index contributed by atoms with van der Waals surface area (Å²) in [4.78, 5) is 43.2. The van der Waals surface area contributed by atoms with Crippen LogP contribution in [0.5, 0.6) is 0 Å². The van der Waals surface area contributed by atoms with Gasteiger partial charge in [0.25, 0.3) is 9.70 Å². The van der Waals surface area contributed by atoms with Gasteiger partial charge in [-0.05, 0) is 58.0 Å². The van der Waals surface area contributed by atoms with Gasteiger partial charge < -0.3 is 15.3 Å². The van der Waals surface area contributed by atoms with E-state index in [0.29, 0.717) is 45.0 Å². The molecule has 2 aromatic heterocycles. The fourth-order valence-corrected chi connectivity index (χ4v) is 3.96. The number of fused-ring (bicyclic) bond motifs is 3. The van der Waals surface area contributed by atoms with Crippen LogP contribution in [0.15, 0.2) is 52.1 Å². The zero-order valence-electron chi connectivity index (χ0n) is 22.3. The molecule has 0 aliphatic heterocycles. The minimum Gasteiger partial charge on any atom is -0.354 e. The van der Waals surface area contributed by atoms with E-state index in [1.54, 1.807) is 25.1 Å². The largest absolute Gasteiger partial charge is 0.354 e. The third-order valence-electron chi connectivity index (χ3n) is 5.37. The highest BCUT2D eigenvalue weighted by Crippen LogP contribution is 2.25. The lowest BCUT2D eigenvalue weighted by Gasteiger charge is -2.09. The number of H-pyrrole nitrogens is 2. The molecule has 9 heteroatoms. The van der Waals surface area contributed by atoms with E-state index in [1.165, 1.54) is 0 Å². The maximum Gasteiger partial charge on any atom is 0.272 e. The molecule has 2 heterocycles. The molecule has 0 saturated carbocycles. The number of halogens is 3. The van der Waals surface area contributed by atoms with Crippen LogP contribution in [0.1, 0.15) is 51.4 Å². The average molecular weight is 577 g/mol. The van der Waals surface area contributed by atoms with Crippen LogP contribution in [0, 0.1) is 6.92 Å². The summed E-state index contributed by atoms with van der Waals surface area (Å²) in [5.41, 5.74) is 5.22. The van der Waals surface area contributed by atoms with Crippen molar-refractivity contribution in [2.75, 3.05) is 6.54 Å². The molecule has 0 aliphatic carbocycles. The van der Waals surface area contributed by atoms with Gasteiger partial charge in [0.15, 0.2) is 10.9 Å². The molecule has 0 spiro atoms. The van der Waals surface area contributed by atoms with Gasteiger partial charge in [-0.25, -0.2) is 0 Å². The first-order valence-electron chi connectivity index (χ1n) is 12.2. The lowest BCUT2D eigenvalue weighted by molar-refractivity contribution is -0.120. The van der Waals surface area contributed by atoms with Gasteiger partial charge >= 0.3 is 0 Å². The molecule has 0 unspecified atom stereocenters. The van der Waals surface area contributed by atoms with Gasteiger partial charge in [0.1, 0.15) is 0 Å². The number of carbonyl (C=O) groups is 1. The number of hydrogen-bond donors (Lipinski definition) is 3. The predicted molar refractivity (Wildman–Crippen MR) is 165 cm³/mol. The molecule has 2 aromatic carbocycles. The molecular weight excluding hydrogens is 545 g/mol. The average Bonchev–Trinajstić information content (AvgIpc) is 2.87. The molecule has 4 aromatic rings. The standard InChI is InChI=1S/C23H20N2O2.C4H6Cl3NO.C2H6/c1-5-18-14(8-12(2)3)22(26)16-11-21-17(10-20(16)24-18)23(27)15-9-13(4)6-7-19(15)25-21;1-2-8-3(9)4(5,6)7;1-2/h5-11H,1H2,2-4H3,(H,24,26)(H,25,27);2H2,1H3,(H,8,9);1-2H3. The van der Waals surface area contributed by atoms with Crippen molar-refractivity contribution in [2.45, 2.75) is 45.3 Å². The Hall–Kier alpha value is -3.06. The monoisotopic (exact) mass is 575 g/mol. The molecule has 4 rings (SSSR count). The summed E-state index contributed by atoms with van der Waals surface area (Å²) in [6, 6.07) is 9.26. The highest BCUT2D eigenvalue weighted by Gasteiger charge is 2.29. The van der Waals surface area contributed by atoms with E-state index >= 15 is 0 Å². The Morgan fingerprint density at radius 1 is 0.947 bits per heavy atom. The molecule has 0 atom stereocenters. The number of amides is 1. The Kier molecular flexibility index (Phi) is 10.8. The summed E-state index contributed by atoms with van der Waals surface area (Å²) < 4.78 is -1.82. The van der Waals surface area contributed by atoms with Crippen LogP contribution in [-0.4, -0.2) is 26.2 Å². The topological polar surface area (TPSA) is 94.8 Å². The third-order valence-corrected chi connectivity index (χ3v) is 5.89. The first-order chi connectivity index (χ1) is 17.9. The quantitative estimate of drug-likeness (QED) is 0.175. The van der Waals surface area contributed by atoms with E-state index in [2.05, 4.69) is 21.9 Å². The Labute approximate surface area is 236 Å². The number of aryl methyl sites for hydroxylation is 1. The van der Waals surface area contributed by atoms with E-state index in [4.69, 9.17) is 34.8 Å². The highest BCUT2D eigenvalue weighted by atomic mass is 35.6. The van der Waals surface area contributed by atoms with Crippen molar-refractivity contribution >= 4 is 85.6 Å². The minimum atomic E-state index is -1.82. The fourth-order valence-electron chi connectivity index (χ4n) is 3.76. The van der Waals surface area contributed by atoms with Crippen LogP contribution in [0.3, 0.4) is 0 Å². The van der Waals surface area contributed by atoms with E-state index < -0.39 is 9.70 Å². The second-order valence-corrected chi connectivity index (χ2v) is 10.8. The maximum atomic E-state index is 13.1. The molecule has 6 nitrogen and oxygen atoms in total. The van der Waals surface area contributed by atoms with Gasteiger partial charge in [0, 0.05) is 39.5 Å². The molecule has 0 fully saturated rings. The van der Waals surface area contributed by atoms with Crippen LogP contribution in [0.25, 0.3) is 44.9 Å². The van der Waals surface area contributed by atoms with Gasteiger partial charge in [-0.2, -0.15) is 0 Å². The number of rotatable bonds is 3. The van der Waals surface area contributed by atoms with Crippen molar-refractivity contribution in [2.24, 2.45) is 0 Å². The first-order valence-corrected chi connectivity index (χ1v) is 13.3. The van der Waals surface area contributed by atoms with Crippen LogP contribution in [0.2, 0.25) is 0 Å². The summed E-state index contributed by atoms with van der Waals surface area (Å²) in [7, 11) is 0. The third kappa shape index (κ3) is 7.07. The molecule has 202 valence electrons. The van der Waals surface area contributed by atoms with Crippen LogP contribution in [0.4, 0.5) is 0 Å². The Morgan fingerprint density at radius 3 is 2.00 bits per heavy atom. The van der Waals surface area contributed by atoms with Crippen LogP contribution in [-0.2, 0) is 4.79 Å². The van der Waals surface area contributed by atoms with E-state index in [9.17, 15) is 14.4 Å². The fraction of sp³-hybridized carbons (Fsp3) is 0.276. The zero-order chi connectivity index (χ0) is 28.8. The van der Waals surface area contributed by atoms with Gasteiger partial charge in [-0.15, -0.1) is 0 Å². The lowest BCUT2D eigenvalue weighted by Crippen LogP contribution is -2.34. The highest BCUT2D eigenvalue weighted by molar-refractivity contribution is 6.76. The smallest absolute Gasteiger partial charge is 0.272 e. The van der Waals surface area contributed by atoms with Crippen molar-refractivity contribution in [1.82, 2.24) is 15.3 Å².